The normalized spacial score (nSPS) is 21.3. The van der Waals surface area contributed by atoms with Crippen LogP contribution < -0.4 is 5.32 Å². The third-order valence-electron chi connectivity index (χ3n) is 3.28. The average Bonchev–Trinajstić information content (AvgIpc) is 2.13. The highest BCUT2D eigenvalue weighted by Gasteiger charge is 2.43. The maximum Gasteiger partial charge on any atom is 0.0834 e. The Morgan fingerprint density at radius 2 is 2.29 bits per heavy atom. The van der Waals surface area contributed by atoms with Crippen LogP contribution in [-0.2, 0) is 4.74 Å². The second-order valence-electron chi connectivity index (χ2n) is 4.15. The molecule has 1 aliphatic rings. The minimum atomic E-state index is 0.101. The maximum atomic E-state index is 5.68. The van der Waals surface area contributed by atoms with Crippen LogP contribution in [0.3, 0.4) is 0 Å². The molecule has 1 aliphatic carbocycles. The highest BCUT2D eigenvalue weighted by molar-refractivity contribution is 5.01. The van der Waals surface area contributed by atoms with Crippen LogP contribution in [0.5, 0.6) is 0 Å². The zero-order valence-electron chi connectivity index (χ0n) is 9.51. The Labute approximate surface area is 87.7 Å². The van der Waals surface area contributed by atoms with Crippen molar-refractivity contribution in [3.8, 4) is 0 Å². The van der Waals surface area contributed by atoms with Gasteiger partial charge in [-0.2, -0.15) is 0 Å². The fraction of sp³-hybridized carbons (Fsp3) is 0.833. The lowest BCUT2D eigenvalue weighted by molar-refractivity contribution is -0.0974. The van der Waals surface area contributed by atoms with E-state index in [4.69, 9.17) is 4.74 Å². The molecule has 2 nitrogen and oxygen atoms in total. The molecule has 1 saturated carbocycles. The number of rotatable bonds is 7. The molecule has 1 N–H and O–H groups in total. The smallest absolute Gasteiger partial charge is 0.0834 e. The summed E-state index contributed by atoms with van der Waals surface area (Å²) in [7, 11) is 1.84. The van der Waals surface area contributed by atoms with E-state index in [9.17, 15) is 0 Å². The fourth-order valence-electron chi connectivity index (χ4n) is 2.19. The van der Waals surface area contributed by atoms with E-state index < -0.39 is 0 Å². The van der Waals surface area contributed by atoms with Crippen LogP contribution in [-0.4, -0.2) is 25.3 Å². The van der Waals surface area contributed by atoms with Crippen molar-refractivity contribution in [2.24, 2.45) is 0 Å². The molecule has 0 bridgehead atoms. The lowest BCUT2D eigenvalue weighted by atomic mass is 9.73. The number of hydrogen-bond donors (Lipinski definition) is 1. The molecule has 1 unspecified atom stereocenters. The molecule has 0 heterocycles. The summed E-state index contributed by atoms with van der Waals surface area (Å²) in [5.74, 6) is 0. The molecule has 1 rings (SSSR count). The van der Waals surface area contributed by atoms with Gasteiger partial charge in [0.15, 0.2) is 0 Å². The molecular weight excluding hydrogens is 174 g/mol. The van der Waals surface area contributed by atoms with Gasteiger partial charge in [0, 0.05) is 13.2 Å². The van der Waals surface area contributed by atoms with E-state index in [1.54, 1.807) is 0 Å². The highest BCUT2D eigenvalue weighted by Crippen LogP contribution is 2.39. The van der Waals surface area contributed by atoms with E-state index in [-0.39, 0.29) is 5.60 Å². The van der Waals surface area contributed by atoms with E-state index in [1.807, 2.05) is 13.2 Å². The summed E-state index contributed by atoms with van der Waals surface area (Å²) in [6, 6.07) is 0.457. The number of ether oxygens (including phenoxy) is 1. The van der Waals surface area contributed by atoms with Crippen LogP contribution in [0.2, 0.25) is 0 Å². The first-order chi connectivity index (χ1) is 6.79. The Kier molecular flexibility index (Phi) is 4.63. The molecule has 0 saturated heterocycles. The quantitative estimate of drug-likeness (QED) is 0.633. The van der Waals surface area contributed by atoms with Crippen molar-refractivity contribution < 1.29 is 4.74 Å². The predicted octanol–water partition coefficient (Wildman–Crippen LogP) is 2.50. The SMILES string of the molecule is C=CCC(NCCC)C1(OC)CCC1. The van der Waals surface area contributed by atoms with Gasteiger partial charge in [-0.3, -0.25) is 0 Å². The van der Waals surface area contributed by atoms with Crippen molar-refractivity contribution in [1.82, 2.24) is 5.32 Å². The topological polar surface area (TPSA) is 21.3 Å². The molecule has 0 aliphatic heterocycles. The van der Waals surface area contributed by atoms with Gasteiger partial charge in [0.2, 0.25) is 0 Å². The minimum absolute atomic E-state index is 0.101. The van der Waals surface area contributed by atoms with Gasteiger partial charge < -0.3 is 10.1 Å². The van der Waals surface area contributed by atoms with Crippen molar-refractivity contribution in [1.29, 1.82) is 0 Å². The standard InChI is InChI=1S/C12H23NO/c1-4-7-11(13-10-5-2)12(14-3)8-6-9-12/h4,11,13H,1,5-10H2,2-3H3. The Morgan fingerprint density at radius 1 is 1.57 bits per heavy atom. The second kappa shape index (κ2) is 5.52. The van der Waals surface area contributed by atoms with Crippen LogP contribution in [0.1, 0.15) is 39.0 Å². The van der Waals surface area contributed by atoms with Gasteiger partial charge in [0.25, 0.3) is 0 Å². The monoisotopic (exact) mass is 197 g/mol. The van der Waals surface area contributed by atoms with Gasteiger partial charge in [-0.25, -0.2) is 0 Å². The molecule has 0 spiro atoms. The Hall–Kier alpha value is -0.340. The summed E-state index contributed by atoms with van der Waals surface area (Å²) in [5.41, 5.74) is 0.101. The van der Waals surface area contributed by atoms with Crippen LogP contribution in [0.15, 0.2) is 12.7 Å². The molecule has 2 heteroatoms. The summed E-state index contributed by atoms with van der Waals surface area (Å²) in [5, 5.41) is 3.57. The summed E-state index contributed by atoms with van der Waals surface area (Å²) in [6.07, 6.45) is 7.86. The zero-order chi connectivity index (χ0) is 10.4. The summed E-state index contributed by atoms with van der Waals surface area (Å²) in [4.78, 5) is 0. The van der Waals surface area contributed by atoms with Crippen LogP contribution in [0.4, 0.5) is 0 Å². The summed E-state index contributed by atoms with van der Waals surface area (Å²) < 4.78 is 5.68. The van der Waals surface area contributed by atoms with Crippen LogP contribution in [0, 0.1) is 0 Å². The number of nitrogens with one attached hydrogen (secondary N) is 1. The van der Waals surface area contributed by atoms with Gasteiger partial charge in [-0.1, -0.05) is 13.0 Å². The molecule has 1 atom stereocenters. The first-order valence-corrected chi connectivity index (χ1v) is 5.68. The largest absolute Gasteiger partial charge is 0.377 e. The molecule has 0 aromatic carbocycles. The third kappa shape index (κ3) is 2.37. The maximum absolute atomic E-state index is 5.68. The van der Waals surface area contributed by atoms with E-state index in [0.29, 0.717) is 6.04 Å². The van der Waals surface area contributed by atoms with Crippen molar-refractivity contribution >= 4 is 0 Å². The summed E-state index contributed by atoms with van der Waals surface area (Å²) in [6.45, 7) is 7.08. The highest BCUT2D eigenvalue weighted by atomic mass is 16.5. The molecular formula is C12H23NO. The van der Waals surface area contributed by atoms with E-state index in [0.717, 1.165) is 13.0 Å². The van der Waals surface area contributed by atoms with Crippen LogP contribution >= 0.6 is 0 Å². The molecule has 1 fully saturated rings. The molecule has 0 aromatic heterocycles. The van der Waals surface area contributed by atoms with Gasteiger partial charge in [-0.05, 0) is 38.6 Å². The molecule has 14 heavy (non-hydrogen) atoms. The second-order valence-corrected chi connectivity index (χ2v) is 4.15. The fourth-order valence-corrected chi connectivity index (χ4v) is 2.19. The van der Waals surface area contributed by atoms with E-state index >= 15 is 0 Å². The van der Waals surface area contributed by atoms with Gasteiger partial charge in [0.1, 0.15) is 0 Å². The van der Waals surface area contributed by atoms with Gasteiger partial charge in [-0.15, -0.1) is 6.58 Å². The van der Waals surface area contributed by atoms with E-state index in [1.165, 1.54) is 25.7 Å². The summed E-state index contributed by atoms with van der Waals surface area (Å²) >= 11 is 0. The van der Waals surface area contributed by atoms with Crippen molar-refractivity contribution in [3.63, 3.8) is 0 Å². The lowest BCUT2D eigenvalue weighted by Gasteiger charge is -2.46. The Morgan fingerprint density at radius 3 is 2.64 bits per heavy atom. The molecule has 82 valence electrons. The molecule has 0 amide bonds. The van der Waals surface area contributed by atoms with E-state index in [2.05, 4.69) is 18.8 Å². The Bertz CT molecular complexity index is 170. The van der Waals surface area contributed by atoms with Gasteiger partial charge >= 0.3 is 0 Å². The lowest BCUT2D eigenvalue weighted by Crippen LogP contribution is -2.56. The molecule has 0 aromatic rings. The number of methoxy groups -OCH3 is 1. The predicted molar refractivity (Wildman–Crippen MR) is 60.5 cm³/mol. The Balaban J connectivity index is 2.50. The number of hydrogen-bond acceptors (Lipinski definition) is 2. The first-order valence-electron chi connectivity index (χ1n) is 5.68. The third-order valence-corrected chi connectivity index (χ3v) is 3.28. The van der Waals surface area contributed by atoms with Gasteiger partial charge in [0.05, 0.1) is 5.60 Å². The zero-order valence-corrected chi connectivity index (χ0v) is 9.51. The van der Waals surface area contributed by atoms with Crippen molar-refractivity contribution in [3.05, 3.63) is 12.7 Å². The van der Waals surface area contributed by atoms with Crippen molar-refractivity contribution in [2.75, 3.05) is 13.7 Å². The average molecular weight is 197 g/mol. The minimum Gasteiger partial charge on any atom is -0.377 e. The first kappa shape index (κ1) is 11.7. The van der Waals surface area contributed by atoms with Crippen LogP contribution in [0.25, 0.3) is 0 Å². The molecule has 0 radical (unpaired) electrons. The van der Waals surface area contributed by atoms with Crippen molar-refractivity contribution in [2.45, 2.75) is 50.7 Å².